The van der Waals surface area contributed by atoms with Gasteiger partial charge in [-0.05, 0) is 67.6 Å². The van der Waals surface area contributed by atoms with E-state index in [9.17, 15) is 29.3 Å². The molecule has 0 atom stereocenters. The number of Topliss-reactive ketones (excluding diaryl/α,β-unsaturated/α-hetero) is 2. The van der Waals surface area contributed by atoms with Gasteiger partial charge in [0.2, 0.25) is 5.91 Å². The number of amides is 1. The highest BCUT2D eigenvalue weighted by atomic mass is 16.6. The molecule has 0 radical (unpaired) electrons. The second kappa shape index (κ2) is 12.0. The molecule has 0 aromatic heterocycles. The Labute approximate surface area is 206 Å². The molecule has 0 unspecified atom stereocenters. The number of anilines is 1. The summed E-state index contributed by atoms with van der Waals surface area (Å²) in [6.45, 7) is 0.966. The first-order valence-corrected chi connectivity index (χ1v) is 10.8. The molecule has 3 rings (SSSR count). The molecule has 36 heavy (non-hydrogen) atoms. The minimum atomic E-state index is -0.691. The van der Waals surface area contributed by atoms with Crippen LogP contribution < -0.4 is 10.1 Å². The number of nitrogens with zero attached hydrogens (tertiary/aromatic N) is 1. The summed E-state index contributed by atoms with van der Waals surface area (Å²) in [6, 6.07) is 18.0. The molecule has 0 fully saturated rings. The summed E-state index contributed by atoms with van der Waals surface area (Å²) < 4.78 is 10.6. The van der Waals surface area contributed by atoms with Crippen molar-refractivity contribution in [2.24, 2.45) is 0 Å². The van der Waals surface area contributed by atoms with E-state index >= 15 is 0 Å². The van der Waals surface area contributed by atoms with Crippen LogP contribution in [0.15, 0.2) is 72.8 Å². The number of ether oxygens (including phenoxy) is 2. The van der Waals surface area contributed by atoms with E-state index in [0.717, 1.165) is 0 Å². The lowest BCUT2D eigenvalue weighted by Gasteiger charge is -2.08. The van der Waals surface area contributed by atoms with Crippen molar-refractivity contribution in [3.8, 4) is 11.5 Å². The van der Waals surface area contributed by atoms with Crippen molar-refractivity contribution >= 4 is 34.8 Å². The molecule has 0 heterocycles. The molecule has 0 aliphatic carbocycles. The first-order valence-electron chi connectivity index (χ1n) is 10.8. The smallest absolute Gasteiger partial charge is 0.306 e. The number of non-ortho nitro benzene ring substituents is 1. The second-order valence-corrected chi connectivity index (χ2v) is 7.64. The van der Waals surface area contributed by atoms with Crippen LogP contribution in [0.2, 0.25) is 0 Å². The fourth-order valence-electron chi connectivity index (χ4n) is 3.01. The Morgan fingerprint density at radius 1 is 0.806 bits per heavy atom. The summed E-state index contributed by atoms with van der Waals surface area (Å²) in [5.74, 6) is -0.803. The minimum Gasteiger partial charge on any atom is -0.457 e. The van der Waals surface area contributed by atoms with Gasteiger partial charge in [0.15, 0.2) is 18.2 Å². The normalized spacial score (nSPS) is 10.2. The quantitative estimate of drug-likeness (QED) is 0.176. The average molecular weight is 490 g/mol. The van der Waals surface area contributed by atoms with Crippen LogP contribution in [0.4, 0.5) is 11.4 Å². The number of benzene rings is 3. The molecular weight excluding hydrogens is 468 g/mol. The van der Waals surface area contributed by atoms with Gasteiger partial charge in [0.05, 0.1) is 11.3 Å². The number of carbonyl (C=O) groups excluding carboxylic acids is 4. The Balaban J connectivity index is 1.40. The van der Waals surface area contributed by atoms with Crippen molar-refractivity contribution in [1.29, 1.82) is 0 Å². The molecule has 1 amide bonds. The number of rotatable bonds is 11. The molecule has 0 spiro atoms. The predicted molar refractivity (Wildman–Crippen MR) is 129 cm³/mol. The highest BCUT2D eigenvalue weighted by Gasteiger charge is 2.13. The summed E-state index contributed by atoms with van der Waals surface area (Å²) in [4.78, 5) is 57.7. The van der Waals surface area contributed by atoms with E-state index in [0.29, 0.717) is 28.3 Å². The molecule has 0 aliphatic rings. The van der Waals surface area contributed by atoms with Gasteiger partial charge in [-0.25, -0.2) is 0 Å². The van der Waals surface area contributed by atoms with Crippen LogP contribution in [0.25, 0.3) is 0 Å². The Kier molecular flexibility index (Phi) is 8.60. The number of hydrogen-bond donors (Lipinski definition) is 1. The van der Waals surface area contributed by atoms with E-state index in [1.54, 1.807) is 36.4 Å². The Morgan fingerprint density at radius 2 is 1.36 bits per heavy atom. The first kappa shape index (κ1) is 25.8. The van der Waals surface area contributed by atoms with Crippen LogP contribution in [0, 0.1) is 10.1 Å². The zero-order valence-corrected chi connectivity index (χ0v) is 19.3. The monoisotopic (exact) mass is 490 g/mol. The Hall–Kier alpha value is -4.86. The largest absolute Gasteiger partial charge is 0.457 e. The summed E-state index contributed by atoms with van der Waals surface area (Å²) in [6.07, 6.45) is -0.331. The Bertz CT molecular complexity index is 1270. The average Bonchev–Trinajstić information content (AvgIpc) is 2.87. The van der Waals surface area contributed by atoms with Crippen molar-refractivity contribution in [3.05, 3.63) is 94.0 Å². The van der Waals surface area contributed by atoms with E-state index in [1.807, 2.05) is 0 Å². The standard InChI is InChI=1S/C26H22N2O8/c1-17(29)18-2-6-20(7-3-18)27-25(31)14-15-26(32)35-16-24(30)19-4-10-22(11-5-19)36-23-12-8-21(9-13-23)28(33)34/h2-13H,14-16H2,1H3,(H,27,31). The number of carbonyl (C=O) groups is 4. The lowest BCUT2D eigenvalue weighted by molar-refractivity contribution is -0.384. The van der Waals surface area contributed by atoms with E-state index in [1.165, 1.54) is 43.3 Å². The van der Waals surface area contributed by atoms with Crippen molar-refractivity contribution < 1.29 is 33.6 Å². The molecule has 0 bridgehead atoms. The first-order chi connectivity index (χ1) is 17.2. The fraction of sp³-hybridized carbons (Fsp3) is 0.154. The molecule has 184 valence electrons. The van der Waals surface area contributed by atoms with E-state index in [4.69, 9.17) is 9.47 Å². The van der Waals surface area contributed by atoms with Crippen LogP contribution in [-0.2, 0) is 14.3 Å². The van der Waals surface area contributed by atoms with Crippen LogP contribution in [0.1, 0.15) is 40.5 Å². The maximum Gasteiger partial charge on any atom is 0.306 e. The van der Waals surface area contributed by atoms with Gasteiger partial charge in [-0.3, -0.25) is 29.3 Å². The van der Waals surface area contributed by atoms with Crippen LogP contribution in [0.5, 0.6) is 11.5 Å². The number of hydrogen-bond acceptors (Lipinski definition) is 8. The lowest BCUT2D eigenvalue weighted by atomic mass is 10.1. The van der Waals surface area contributed by atoms with Crippen LogP contribution in [0.3, 0.4) is 0 Å². The van der Waals surface area contributed by atoms with Crippen LogP contribution in [-0.4, -0.2) is 35.0 Å². The number of ketones is 2. The maximum atomic E-state index is 12.3. The van der Waals surface area contributed by atoms with E-state index in [2.05, 4.69) is 5.32 Å². The number of nitro benzene ring substituents is 1. The number of esters is 1. The lowest BCUT2D eigenvalue weighted by Crippen LogP contribution is -2.17. The third kappa shape index (κ3) is 7.59. The van der Waals surface area contributed by atoms with Gasteiger partial charge in [0, 0.05) is 35.4 Å². The molecule has 0 aliphatic heterocycles. The fourth-order valence-corrected chi connectivity index (χ4v) is 3.01. The van der Waals surface area contributed by atoms with Gasteiger partial charge >= 0.3 is 5.97 Å². The van der Waals surface area contributed by atoms with E-state index < -0.39 is 29.2 Å². The molecule has 3 aromatic carbocycles. The molecular formula is C26H22N2O8. The molecule has 0 saturated heterocycles. The van der Waals surface area contributed by atoms with Gasteiger partial charge < -0.3 is 14.8 Å². The van der Waals surface area contributed by atoms with Crippen LogP contribution >= 0.6 is 0 Å². The Morgan fingerprint density at radius 3 is 1.92 bits per heavy atom. The summed E-state index contributed by atoms with van der Waals surface area (Å²) in [5.41, 5.74) is 1.26. The molecule has 10 heteroatoms. The van der Waals surface area contributed by atoms with Gasteiger partial charge in [-0.1, -0.05) is 0 Å². The minimum absolute atomic E-state index is 0.0566. The van der Waals surface area contributed by atoms with Crippen molar-refractivity contribution in [2.75, 3.05) is 11.9 Å². The zero-order chi connectivity index (χ0) is 26.1. The van der Waals surface area contributed by atoms with E-state index in [-0.39, 0.29) is 24.3 Å². The second-order valence-electron chi connectivity index (χ2n) is 7.64. The highest BCUT2D eigenvalue weighted by molar-refractivity contribution is 5.98. The maximum absolute atomic E-state index is 12.3. The molecule has 0 saturated carbocycles. The third-order valence-corrected chi connectivity index (χ3v) is 4.96. The zero-order valence-electron chi connectivity index (χ0n) is 19.3. The topological polar surface area (TPSA) is 142 Å². The molecule has 10 nitrogen and oxygen atoms in total. The highest BCUT2D eigenvalue weighted by Crippen LogP contribution is 2.24. The van der Waals surface area contributed by atoms with Gasteiger partial charge in [-0.2, -0.15) is 0 Å². The summed E-state index contributed by atoms with van der Waals surface area (Å²) in [5, 5.41) is 13.3. The number of nitro groups is 1. The van der Waals surface area contributed by atoms with Gasteiger partial charge in [0.1, 0.15) is 11.5 Å². The van der Waals surface area contributed by atoms with Crippen molar-refractivity contribution in [3.63, 3.8) is 0 Å². The summed E-state index contributed by atoms with van der Waals surface area (Å²) in [7, 11) is 0. The van der Waals surface area contributed by atoms with Gasteiger partial charge in [-0.15, -0.1) is 0 Å². The number of nitrogens with one attached hydrogen (secondary N) is 1. The van der Waals surface area contributed by atoms with Crippen molar-refractivity contribution in [2.45, 2.75) is 19.8 Å². The summed E-state index contributed by atoms with van der Waals surface area (Å²) >= 11 is 0. The third-order valence-electron chi connectivity index (χ3n) is 4.96. The molecule has 1 N–H and O–H groups in total. The molecule has 3 aromatic rings. The van der Waals surface area contributed by atoms with Gasteiger partial charge in [0.25, 0.3) is 5.69 Å². The van der Waals surface area contributed by atoms with Crippen molar-refractivity contribution in [1.82, 2.24) is 0 Å². The SMILES string of the molecule is CC(=O)c1ccc(NC(=O)CCC(=O)OCC(=O)c2ccc(Oc3ccc([N+](=O)[O-])cc3)cc2)cc1. The predicted octanol–water partition coefficient (Wildman–Crippen LogP) is 4.73.